The first-order chi connectivity index (χ1) is 12.3. The first-order valence-corrected chi connectivity index (χ1v) is 9.51. The van der Waals surface area contributed by atoms with Crippen molar-refractivity contribution in [2.75, 3.05) is 59.0 Å². The van der Waals surface area contributed by atoms with Crippen LogP contribution in [0.4, 0.5) is 0 Å². The fourth-order valence-electron chi connectivity index (χ4n) is 3.94. The highest BCUT2D eigenvalue weighted by atomic mass is 16.5. The summed E-state index contributed by atoms with van der Waals surface area (Å²) in [6, 6.07) is 6.60. The van der Waals surface area contributed by atoms with Gasteiger partial charge in [0.1, 0.15) is 0 Å². The number of aromatic nitrogens is 2. The summed E-state index contributed by atoms with van der Waals surface area (Å²) in [6.45, 7) is 13.1. The number of H-pyrrole nitrogens is 1. The predicted octanol–water partition coefficient (Wildman–Crippen LogP) is 1.40. The van der Waals surface area contributed by atoms with Crippen LogP contribution in [0.1, 0.15) is 12.5 Å². The smallest absolute Gasteiger partial charge is 0.0829 e. The van der Waals surface area contributed by atoms with Crippen molar-refractivity contribution in [1.82, 2.24) is 24.9 Å². The molecule has 6 nitrogen and oxygen atoms in total. The van der Waals surface area contributed by atoms with Gasteiger partial charge in [-0.05, 0) is 18.2 Å². The van der Waals surface area contributed by atoms with Gasteiger partial charge in [-0.3, -0.25) is 19.8 Å². The second-order valence-corrected chi connectivity index (χ2v) is 7.25. The highest BCUT2D eigenvalue weighted by Crippen LogP contribution is 2.16. The van der Waals surface area contributed by atoms with Crippen LogP contribution < -0.4 is 0 Å². The van der Waals surface area contributed by atoms with Crippen LogP contribution in [0.2, 0.25) is 0 Å². The molecule has 6 heteroatoms. The van der Waals surface area contributed by atoms with Gasteiger partial charge < -0.3 is 4.74 Å². The van der Waals surface area contributed by atoms with Crippen LogP contribution in [0.3, 0.4) is 0 Å². The lowest BCUT2D eigenvalue weighted by molar-refractivity contribution is -0.0470. The Bertz CT molecular complexity index is 679. The summed E-state index contributed by atoms with van der Waals surface area (Å²) in [5.41, 5.74) is 2.49. The Balaban J connectivity index is 1.25. The van der Waals surface area contributed by atoms with Gasteiger partial charge in [-0.2, -0.15) is 5.10 Å². The number of ether oxygens (including phenoxy) is 1. The maximum atomic E-state index is 5.96. The number of aromatic amines is 1. The number of likely N-dealkylation sites (N-methyl/N-ethyl adjacent to an activating group) is 1. The summed E-state index contributed by atoms with van der Waals surface area (Å²) in [6.07, 6.45) is 2.26. The van der Waals surface area contributed by atoms with E-state index in [1.807, 2.05) is 6.20 Å². The molecule has 1 N–H and O–H groups in total. The fraction of sp³-hybridized carbons (Fsp3) is 0.632. The second-order valence-electron chi connectivity index (χ2n) is 7.25. The second kappa shape index (κ2) is 7.83. The summed E-state index contributed by atoms with van der Waals surface area (Å²) in [4.78, 5) is 7.61. The van der Waals surface area contributed by atoms with Crippen molar-refractivity contribution >= 4 is 10.9 Å². The quantitative estimate of drug-likeness (QED) is 0.889. The van der Waals surface area contributed by atoms with Crippen molar-refractivity contribution in [1.29, 1.82) is 0 Å². The van der Waals surface area contributed by atoms with E-state index in [4.69, 9.17) is 4.74 Å². The van der Waals surface area contributed by atoms with Gasteiger partial charge in [0, 0.05) is 57.7 Å². The van der Waals surface area contributed by atoms with E-state index >= 15 is 0 Å². The SMILES string of the molecule is CCN1CCOC(CN2CCN(Cc3ccc4cn[nH]c4c3)CC2)C1. The van der Waals surface area contributed by atoms with Gasteiger partial charge in [0.25, 0.3) is 0 Å². The Kier molecular flexibility index (Phi) is 5.31. The zero-order valence-corrected chi connectivity index (χ0v) is 15.2. The molecule has 2 aliphatic heterocycles. The first kappa shape index (κ1) is 17.0. The maximum Gasteiger partial charge on any atom is 0.0829 e. The molecule has 0 bridgehead atoms. The Labute approximate surface area is 149 Å². The molecule has 0 spiro atoms. The molecular formula is C19H29N5O. The zero-order valence-electron chi connectivity index (χ0n) is 15.2. The molecule has 2 aromatic rings. The van der Waals surface area contributed by atoms with Gasteiger partial charge in [-0.25, -0.2) is 0 Å². The molecule has 0 aliphatic carbocycles. The number of nitrogens with one attached hydrogen (secondary N) is 1. The van der Waals surface area contributed by atoms with Crippen LogP contribution >= 0.6 is 0 Å². The number of piperazine rings is 1. The van der Waals surface area contributed by atoms with Crippen LogP contribution in [-0.4, -0.2) is 90.0 Å². The van der Waals surface area contributed by atoms with E-state index in [2.05, 4.69) is 50.0 Å². The molecule has 136 valence electrons. The predicted molar refractivity (Wildman–Crippen MR) is 99.7 cm³/mol. The minimum Gasteiger partial charge on any atom is -0.374 e. The molecule has 2 aliphatic rings. The monoisotopic (exact) mass is 343 g/mol. The van der Waals surface area contributed by atoms with Crippen molar-refractivity contribution < 1.29 is 4.74 Å². The number of fused-ring (bicyclic) bond motifs is 1. The van der Waals surface area contributed by atoms with Gasteiger partial charge in [-0.1, -0.05) is 19.1 Å². The van der Waals surface area contributed by atoms with E-state index in [1.165, 1.54) is 10.9 Å². The van der Waals surface area contributed by atoms with Crippen LogP contribution in [-0.2, 0) is 11.3 Å². The molecule has 0 saturated carbocycles. The molecule has 0 amide bonds. The third kappa shape index (κ3) is 4.20. The minimum atomic E-state index is 0.378. The molecule has 1 unspecified atom stereocenters. The zero-order chi connectivity index (χ0) is 17.1. The Morgan fingerprint density at radius 3 is 2.80 bits per heavy atom. The third-order valence-electron chi connectivity index (χ3n) is 5.51. The standard InChI is InChI=1S/C19H29N5O/c1-2-22-9-10-25-18(14-22)15-24-7-5-23(6-8-24)13-16-3-4-17-12-20-21-19(17)11-16/h3-4,11-12,18H,2,5-10,13-15H2,1H3,(H,20,21). The van der Waals surface area contributed by atoms with Gasteiger partial charge in [0.2, 0.25) is 0 Å². The summed E-state index contributed by atoms with van der Waals surface area (Å²) in [5.74, 6) is 0. The Morgan fingerprint density at radius 2 is 1.96 bits per heavy atom. The van der Waals surface area contributed by atoms with E-state index in [1.54, 1.807) is 0 Å². The molecule has 1 atom stereocenters. The molecule has 2 saturated heterocycles. The highest BCUT2D eigenvalue weighted by Gasteiger charge is 2.24. The number of morpholine rings is 1. The molecule has 1 aromatic carbocycles. The topological polar surface area (TPSA) is 47.6 Å². The lowest BCUT2D eigenvalue weighted by atomic mass is 10.1. The molecule has 4 rings (SSSR count). The molecule has 25 heavy (non-hydrogen) atoms. The van der Waals surface area contributed by atoms with Gasteiger partial charge in [0.15, 0.2) is 0 Å². The summed E-state index contributed by atoms with van der Waals surface area (Å²) in [7, 11) is 0. The van der Waals surface area contributed by atoms with E-state index in [-0.39, 0.29) is 0 Å². The largest absolute Gasteiger partial charge is 0.374 e. The van der Waals surface area contributed by atoms with E-state index in [9.17, 15) is 0 Å². The van der Waals surface area contributed by atoms with Gasteiger partial charge in [0.05, 0.1) is 24.4 Å². The van der Waals surface area contributed by atoms with Crippen molar-refractivity contribution in [3.05, 3.63) is 30.0 Å². The summed E-state index contributed by atoms with van der Waals surface area (Å²) in [5, 5.41) is 8.35. The molecule has 2 fully saturated rings. The van der Waals surface area contributed by atoms with Crippen molar-refractivity contribution in [2.24, 2.45) is 0 Å². The molecule has 3 heterocycles. The third-order valence-corrected chi connectivity index (χ3v) is 5.51. The summed E-state index contributed by atoms with van der Waals surface area (Å²) < 4.78 is 5.96. The Morgan fingerprint density at radius 1 is 1.12 bits per heavy atom. The lowest BCUT2D eigenvalue weighted by Crippen LogP contribution is -2.52. The molecule has 1 aromatic heterocycles. The van der Waals surface area contributed by atoms with Crippen molar-refractivity contribution in [3.8, 4) is 0 Å². The minimum absolute atomic E-state index is 0.378. The number of benzene rings is 1. The van der Waals surface area contributed by atoms with Crippen LogP contribution in [0.25, 0.3) is 10.9 Å². The Hall–Kier alpha value is -1.47. The number of nitrogens with zero attached hydrogens (tertiary/aromatic N) is 4. The van der Waals surface area contributed by atoms with E-state index in [0.717, 1.165) is 71.0 Å². The number of hydrogen-bond acceptors (Lipinski definition) is 5. The average Bonchev–Trinajstić information content (AvgIpc) is 3.11. The number of rotatable bonds is 5. The van der Waals surface area contributed by atoms with Crippen LogP contribution in [0.5, 0.6) is 0 Å². The fourth-order valence-corrected chi connectivity index (χ4v) is 3.94. The van der Waals surface area contributed by atoms with E-state index in [0.29, 0.717) is 6.10 Å². The molecule has 0 radical (unpaired) electrons. The van der Waals surface area contributed by atoms with E-state index < -0.39 is 0 Å². The normalized spacial score (nSPS) is 24.1. The first-order valence-electron chi connectivity index (χ1n) is 9.51. The van der Waals surface area contributed by atoms with Gasteiger partial charge >= 0.3 is 0 Å². The molecular weight excluding hydrogens is 314 g/mol. The van der Waals surface area contributed by atoms with Crippen LogP contribution in [0.15, 0.2) is 24.4 Å². The lowest BCUT2D eigenvalue weighted by Gasteiger charge is -2.39. The number of hydrogen-bond donors (Lipinski definition) is 1. The van der Waals surface area contributed by atoms with Crippen molar-refractivity contribution in [3.63, 3.8) is 0 Å². The van der Waals surface area contributed by atoms with Crippen LogP contribution in [0, 0.1) is 0 Å². The summed E-state index contributed by atoms with van der Waals surface area (Å²) >= 11 is 0. The maximum absolute atomic E-state index is 5.96. The van der Waals surface area contributed by atoms with Crippen molar-refractivity contribution in [2.45, 2.75) is 19.6 Å². The highest BCUT2D eigenvalue weighted by molar-refractivity contribution is 5.78. The van der Waals surface area contributed by atoms with Gasteiger partial charge in [-0.15, -0.1) is 0 Å². The average molecular weight is 343 g/mol.